The minimum absolute atomic E-state index is 0.0553. The molecule has 0 spiro atoms. The number of hydrogen-bond acceptors (Lipinski definition) is 5. The highest BCUT2D eigenvalue weighted by molar-refractivity contribution is 8.01. The molecule has 166 valence electrons. The average Bonchev–Trinajstić information content (AvgIpc) is 2.81. The van der Waals surface area contributed by atoms with Crippen molar-refractivity contribution in [3.8, 4) is 0 Å². The monoisotopic (exact) mass is 451 g/mol. The van der Waals surface area contributed by atoms with Crippen LogP contribution in [0.2, 0.25) is 0 Å². The van der Waals surface area contributed by atoms with E-state index >= 15 is 0 Å². The summed E-state index contributed by atoms with van der Waals surface area (Å²) in [7, 11) is 0. The van der Waals surface area contributed by atoms with Gasteiger partial charge < -0.3 is 15.1 Å². The zero-order valence-corrected chi connectivity index (χ0v) is 18.7. The molecule has 0 radical (unpaired) electrons. The van der Waals surface area contributed by atoms with Gasteiger partial charge in [-0.05, 0) is 62.6 Å². The number of thioether (sulfide) groups is 1. The van der Waals surface area contributed by atoms with E-state index in [1.54, 1.807) is 35.2 Å². The van der Waals surface area contributed by atoms with Crippen molar-refractivity contribution in [2.75, 3.05) is 29.9 Å². The number of carbonyl (C=O) groups is 4. The molecule has 2 aromatic carbocycles. The second-order valence-electron chi connectivity index (χ2n) is 7.96. The Labute approximate surface area is 191 Å². The number of anilines is 2. The van der Waals surface area contributed by atoms with Crippen LogP contribution in [-0.2, 0) is 14.4 Å². The van der Waals surface area contributed by atoms with Gasteiger partial charge in [-0.25, -0.2) is 0 Å². The summed E-state index contributed by atoms with van der Waals surface area (Å²) < 4.78 is 0. The first-order chi connectivity index (χ1) is 15.4. The van der Waals surface area contributed by atoms with Crippen LogP contribution >= 0.6 is 11.8 Å². The summed E-state index contributed by atoms with van der Waals surface area (Å²) >= 11 is 1.26. The number of amides is 3. The van der Waals surface area contributed by atoms with Crippen molar-refractivity contribution in [2.24, 2.45) is 0 Å². The Bertz CT molecular complexity index is 1050. The topological polar surface area (TPSA) is 86.8 Å². The van der Waals surface area contributed by atoms with E-state index in [9.17, 15) is 19.2 Å². The van der Waals surface area contributed by atoms with E-state index in [1.807, 2.05) is 18.2 Å². The Morgan fingerprint density at radius 3 is 2.38 bits per heavy atom. The number of rotatable bonds is 5. The fourth-order valence-electron chi connectivity index (χ4n) is 3.95. The molecule has 4 rings (SSSR count). The molecule has 0 unspecified atom stereocenters. The lowest BCUT2D eigenvalue weighted by Gasteiger charge is -2.36. The first-order valence-corrected chi connectivity index (χ1v) is 11.6. The maximum Gasteiger partial charge on any atom is 0.250 e. The van der Waals surface area contributed by atoms with Crippen LogP contribution in [0.25, 0.3) is 0 Å². The van der Waals surface area contributed by atoms with Crippen LogP contribution in [0, 0.1) is 0 Å². The number of likely N-dealkylation sites (tertiary alicyclic amines) is 1. The molecular weight excluding hydrogens is 426 g/mol. The van der Waals surface area contributed by atoms with Gasteiger partial charge in [-0.3, -0.25) is 19.2 Å². The lowest BCUT2D eigenvalue weighted by Crippen LogP contribution is -2.52. The second-order valence-corrected chi connectivity index (χ2v) is 9.10. The Hall–Kier alpha value is -3.13. The SMILES string of the molecule is CC(=O)c1ccc(NC(=O)CN2C(=O)[C@@H](C(=O)N3CCCCC3)Sc3ccccc32)cc1. The molecule has 1 N–H and O–H groups in total. The van der Waals surface area contributed by atoms with E-state index in [2.05, 4.69) is 5.32 Å². The lowest BCUT2D eigenvalue weighted by molar-refractivity contribution is -0.135. The van der Waals surface area contributed by atoms with Crippen LogP contribution in [0.15, 0.2) is 53.4 Å². The molecular formula is C24H25N3O4S. The second kappa shape index (κ2) is 9.56. The molecule has 7 nitrogen and oxygen atoms in total. The minimum Gasteiger partial charge on any atom is -0.341 e. The van der Waals surface area contributed by atoms with Crippen molar-refractivity contribution in [1.82, 2.24) is 4.90 Å². The molecule has 0 bridgehead atoms. The molecule has 0 aliphatic carbocycles. The van der Waals surface area contributed by atoms with Crippen molar-refractivity contribution in [3.63, 3.8) is 0 Å². The highest BCUT2D eigenvalue weighted by Gasteiger charge is 2.40. The first-order valence-electron chi connectivity index (χ1n) is 10.7. The molecule has 2 heterocycles. The van der Waals surface area contributed by atoms with E-state index in [0.29, 0.717) is 30.0 Å². The molecule has 8 heteroatoms. The van der Waals surface area contributed by atoms with Crippen molar-refractivity contribution < 1.29 is 19.2 Å². The van der Waals surface area contributed by atoms with Gasteiger partial charge in [0, 0.05) is 29.2 Å². The largest absolute Gasteiger partial charge is 0.341 e. The third kappa shape index (κ3) is 4.70. The summed E-state index contributed by atoms with van der Waals surface area (Å²) in [4.78, 5) is 54.6. The number of fused-ring (bicyclic) bond motifs is 1. The number of benzene rings is 2. The van der Waals surface area contributed by atoms with Gasteiger partial charge in [-0.1, -0.05) is 12.1 Å². The Morgan fingerprint density at radius 1 is 1.00 bits per heavy atom. The number of nitrogens with zero attached hydrogens (tertiary/aromatic N) is 2. The summed E-state index contributed by atoms with van der Waals surface area (Å²) in [5, 5.41) is 1.88. The van der Waals surface area contributed by atoms with Crippen LogP contribution in [-0.4, -0.2) is 53.3 Å². The minimum atomic E-state index is -0.884. The Balaban J connectivity index is 1.52. The maximum absolute atomic E-state index is 13.3. The Morgan fingerprint density at radius 2 is 1.69 bits per heavy atom. The molecule has 2 aliphatic heterocycles. The predicted octanol–water partition coefficient (Wildman–Crippen LogP) is 3.35. The molecule has 0 aromatic heterocycles. The quantitative estimate of drug-likeness (QED) is 0.557. The van der Waals surface area contributed by atoms with Crippen LogP contribution < -0.4 is 10.2 Å². The smallest absolute Gasteiger partial charge is 0.250 e. The van der Waals surface area contributed by atoms with E-state index in [4.69, 9.17) is 0 Å². The van der Waals surface area contributed by atoms with Crippen LogP contribution in [0.3, 0.4) is 0 Å². The fourth-order valence-corrected chi connectivity index (χ4v) is 5.14. The zero-order valence-electron chi connectivity index (χ0n) is 17.9. The van der Waals surface area contributed by atoms with Crippen molar-refractivity contribution in [3.05, 3.63) is 54.1 Å². The summed E-state index contributed by atoms with van der Waals surface area (Å²) in [5.74, 6) is -0.981. The number of hydrogen-bond donors (Lipinski definition) is 1. The molecule has 2 aromatic rings. The van der Waals surface area contributed by atoms with E-state index in [1.165, 1.54) is 23.6 Å². The highest BCUT2D eigenvalue weighted by atomic mass is 32.2. The molecule has 1 atom stereocenters. The van der Waals surface area contributed by atoms with Crippen LogP contribution in [0.1, 0.15) is 36.5 Å². The first kappa shape index (κ1) is 22.1. The number of piperidine rings is 1. The van der Waals surface area contributed by atoms with Crippen molar-refractivity contribution in [1.29, 1.82) is 0 Å². The third-order valence-electron chi connectivity index (χ3n) is 5.66. The van der Waals surface area contributed by atoms with E-state index in [-0.39, 0.29) is 30.0 Å². The molecule has 1 fully saturated rings. The number of nitrogens with one attached hydrogen (secondary N) is 1. The van der Waals surface area contributed by atoms with Gasteiger partial charge in [-0.15, -0.1) is 11.8 Å². The van der Waals surface area contributed by atoms with Gasteiger partial charge in [0.1, 0.15) is 6.54 Å². The summed E-state index contributed by atoms with van der Waals surface area (Å²) in [6.07, 6.45) is 2.99. The molecule has 32 heavy (non-hydrogen) atoms. The van der Waals surface area contributed by atoms with Gasteiger partial charge >= 0.3 is 0 Å². The molecule has 0 saturated carbocycles. The molecule has 1 saturated heterocycles. The van der Waals surface area contributed by atoms with Gasteiger partial charge in [0.15, 0.2) is 11.0 Å². The fraction of sp³-hybridized carbons (Fsp3) is 0.333. The van der Waals surface area contributed by atoms with Gasteiger partial charge in [0.25, 0.3) is 5.91 Å². The number of Topliss-reactive ketones (excluding diaryl/α,β-unsaturated/α-hetero) is 1. The standard InChI is InChI=1S/C24H25N3O4S/c1-16(28)17-9-11-18(12-10-17)25-21(29)15-27-19-7-3-4-8-20(19)32-22(24(27)31)23(30)26-13-5-2-6-14-26/h3-4,7-12,22H,2,5-6,13-15H2,1H3,(H,25,29)/t22-/m1/s1. The van der Waals surface area contributed by atoms with E-state index in [0.717, 1.165) is 24.2 Å². The molecule has 3 amide bonds. The van der Waals surface area contributed by atoms with Gasteiger partial charge in [0.2, 0.25) is 11.8 Å². The summed E-state index contributed by atoms with van der Waals surface area (Å²) in [6.45, 7) is 2.62. The Kier molecular flexibility index (Phi) is 6.60. The number of carbonyl (C=O) groups excluding carboxylic acids is 4. The number of ketones is 1. The normalized spacial score (nSPS) is 18.2. The summed E-state index contributed by atoms with van der Waals surface area (Å²) in [6, 6.07) is 13.9. The van der Waals surface area contributed by atoms with Crippen LogP contribution in [0.4, 0.5) is 11.4 Å². The van der Waals surface area contributed by atoms with Gasteiger partial charge in [-0.2, -0.15) is 0 Å². The predicted molar refractivity (Wildman–Crippen MR) is 124 cm³/mol. The van der Waals surface area contributed by atoms with Crippen molar-refractivity contribution >= 4 is 46.6 Å². The summed E-state index contributed by atoms with van der Waals surface area (Å²) in [5.41, 5.74) is 1.72. The zero-order chi connectivity index (χ0) is 22.7. The lowest BCUT2D eigenvalue weighted by atomic mass is 10.1. The average molecular weight is 452 g/mol. The number of para-hydroxylation sites is 1. The van der Waals surface area contributed by atoms with Gasteiger partial charge in [0.05, 0.1) is 5.69 Å². The molecule has 2 aliphatic rings. The highest BCUT2D eigenvalue weighted by Crippen LogP contribution is 2.39. The van der Waals surface area contributed by atoms with Crippen LogP contribution in [0.5, 0.6) is 0 Å². The maximum atomic E-state index is 13.3. The third-order valence-corrected chi connectivity index (χ3v) is 6.90. The van der Waals surface area contributed by atoms with E-state index < -0.39 is 5.25 Å². The van der Waals surface area contributed by atoms with Crippen molar-refractivity contribution in [2.45, 2.75) is 36.3 Å².